The first-order valence-electron chi connectivity index (χ1n) is 5.92. The summed E-state index contributed by atoms with van der Waals surface area (Å²) in [4.78, 5) is 0. The van der Waals surface area contributed by atoms with Gasteiger partial charge in [-0.2, -0.15) is 0 Å². The molecule has 0 radical (unpaired) electrons. The number of rotatable bonds is 4. The largest absolute Gasteiger partial charge is 0.476 e. The van der Waals surface area contributed by atoms with Crippen LogP contribution < -0.4 is 0 Å². The zero-order chi connectivity index (χ0) is 11.6. The van der Waals surface area contributed by atoms with E-state index in [0.29, 0.717) is 11.8 Å². The van der Waals surface area contributed by atoms with Crippen LogP contribution in [0, 0.1) is 11.8 Å². The lowest BCUT2D eigenvalue weighted by atomic mass is 9.83. The fraction of sp³-hybridized carbons (Fsp3) is 1.00. The van der Waals surface area contributed by atoms with Crippen molar-refractivity contribution in [1.82, 2.24) is 0 Å². The zero-order valence-corrected chi connectivity index (χ0v) is 11.1. The molecule has 1 saturated heterocycles. The standard InChI is InChI=1S/C11H22BClO2/c1-6-9(13)12-14-10(7(2)3)11(15-12)8(4)5/h7-11H,6H2,1-5H3/t9-,10-,11-/m1/s1. The van der Waals surface area contributed by atoms with Gasteiger partial charge in [0.2, 0.25) is 0 Å². The second-order valence-electron chi connectivity index (χ2n) is 4.98. The van der Waals surface area contributed by atoms with Gasteiger partial charge in [-0.05, 0) is 18.3 Å². The van der Waals surface area contributed by atoms with E-state index in [1.54, 1.807) is 0 Å². The lowest BCUT2D eigenvalue weighted by molar-refractivity contribution is 0.0815. The average molecular weight is 233 g/mol. The summed E-state index contributed by atoms with van der Waals surface area (Å²) in [5, 5.41) is -0.0324. The third-order valence-electron chi connectivity index (χ3n) is 2.91. The Hall–Kier alpha value is 0.275. The molecule has 4 heteroatoms. The Bertz CT molecular complexity index is 183. The predicted molar refractivity (Wildman–Crippen MR) is 65.1 cm³/mol. The highest BCUT2D eigenvalue weighted by Crippen LogP contribution is 2.30. The lowest BCUT2D eigenvalue weighted by Gasteiger charge is -2.24. The molecule has 2 nitrogen and oxygen atoms in total. The van der Waals surface area contributed by atoms with Crippen molar-refractivity contribution in [1.29, 1.82) is 0 Å². The zero-order valence-electron chi connectivity index (χ0n) is 10.4. The molecule has 0 aromatic carbocycles. The van der Waals surface area contributed by atoms with E-state index in [9.17, 15) is 0 Å². The molecule has 1 aliphatic heterocycles. The Labute approximate surface area is 98.8 Å². The van der Waals surface area contributed by atoms with E-state index < -0.39 is 0 Å². The van der Waals surface area contributed by atoms with Crippen molar-refractivity contribution in [3.8, 4) is 0 Å². The fourth-order valence-electron chi connectivity index (χ4n) is 1.93. The maximum atomic E-state index is 6.16. The van der Waals surface area contributed by atoms with Crippen LogP contribution in [-0.4, -0.2) is 24.6 Å². The van der Waals surface area contributed by atoms with Gasteiger partial charge in [-0.3, -0.25) is 0 Å². The second kappa shape index (κ2) is 5.56. The van der Waals surface area contributed by atoms with E-state index in [0.717, 1.165) is 6.42 Å². The molecule has 0 aromatic rings. The highest BCUT2D eigenvalue weighted by Gasteiger charge is 2.45. The van der Waals surface area contributed by atoms with Gasteiger partial charge in [0.05, 0.1) is 17.5 Å². The first kappa shape index (κ1) is 13.3. The van der Waals surface area contributed by atoms with Gasteiger partial charge in [-0.1, -0.05) is 34.6 Å². The van der Waals surface area contributed by atoms with Gasteiger partial charge in [0.25, 0.3) is 0 Å². The molecule has 0 amide bonds. The molecule has 0 spiro atoms. The number of alkyl halides is 1. The van der Waals surface area contributed by atoms with Gasteiger partial charge < -0.3 is 9.31 Å². The molecule has 0 bridgehead atoms. The van der Waals surface area contributed by atoms with Crippen molar-refractivity contribution in [3.63, 3.8) is 0 Å². The second-order valence-corrected chi connectivity index (χ2v) is 5.54. The monoisotopic (exact) mass is 232 g/mol. The normalized spacial score (nSPS) is 29.2. The summed E-state index contributed by atoms with van der Waals surface area (Å²) in [7, 11) is -0.225. The van der Waals surface area contributed by atoms with Crippen LogP contribution in [0.5, 0.6) is 0 Å². The van der Waals surface area contributed by atoms with Gasteiger partial charge in [-0.15, -0.1) is 11.6 Å². The summed E-state index contributed by atoms with van der Waals surface area (Å²) in [6, 6.07) is 0. The Morgan fingerprint density at radius 3 is 1.73 bits per heavy atom. The minimum Gasteiger partial charge on any atom is -0.404 e. The molecule has 3 atom stereocenters. The van der Waals surface area contributed by atoms with Crippen molar-refractivity contribution in [2.45, 2.75) is 58.5 Å². The summed E-state index contributed by atoms with van der Waals surface area (Å²) in [6.45, 7) is 10.7. The Balaban J connectivity index is 2.65. The molecule has 1 fully saturated rings. The predicted octanol–water partition coefficient (Wildman–Crippen LogP) is 3.13. The van der Waals surface area contributed by atoms with Gasteiger partial charge in [0.15, 0.2) is 0 Å². The number of hydrogen-bond acceptors (Lipinski definition) is 2. The number of halogens is 1. The van der Waals surface area contributed by atoms with E-state index in [-0.39, 0.29) is 24.6 Å². The Kier molecular flexibility index (Phi) is 4.94. The van der Waals surface area contributed by atoms with Crippen LogP contribution in [0.4, 0.5) is 0 Å². The van der Waals surface area contributed by atoms with Crippen molar-refractivity contribution in [3.05, 3.63) is 0 Å². The molecule has 88 valence electrons. The molecule has 1 aliphatic rings. The minimum atomic E-state index is -0.225. The van der Waals surface area contributed by atoms with Crippen LogP contribution in [0.3, 0.4) is 0 Å². The van der Waals surface area contributed by atoms with Crippen LogP contribution >= 0.6 is 11.6 Å². The third-order valence-corrected chi connectivity index (χ3v) is 3.42. The Morgan fingerprint density at radius 2 is 1.47 bits per heavy atom. The van der Waals surface area contributed by atoms with Crippen LogP contribution in [0.25, 0.3) is 0 Å². The average Bonchev–Trinajstić information content (AvgIpc) is 2.61. The maximum absolute atomic E-state index is 6.16. The lowest BCUT2D eigenvalue weighted by Crippen LogP contribution is -2.31. The van der Waals surface area contributed by atoms with E-state index in [2.05, 4.69) is 34.6 Å². The molecule has 0 saturated carbocycles. The summed E-state index contributed by atoms with van der Waals surface area (Å²) in [6.07, 6.45) is 1.24. The van der Waals surface area contributed by atoms with Crippen molar-refractivity contribution in [2.24, 2.45) is 11.8 Å². The van der Waals surface area contributed by atoms with Crippen molar-refractivity contribution in [2.75, 3.05) is 0 Å². The summed E-state index contributed by atoms with van der Waals surface area (Å²) < 4.78 is 11.8. The fourth-order valence-corrected chi connectivity index (χ4v) is 2.05. The van der Waals surface area contributed by atoms with E-state index in [1.165, 1.54) is 0 Å². The molecule has 1 heterocycles. The highest BCUT2D eigenvalue weighted by atomic mass is 35.5. The van der Waals surface area contributed by atoms with E-state index >= 15 is 0 Å². The van der Waals surface area contributed by atoms with Crippen LogP contribution in [0.15, 0.2) is 0 Å². The molecule has 1 rings (SSSR count). The topological polar surface area (TPSA) is 18.5 Å². The highest BCUT2D eigenvalue weighted by molar-refractivity contribution is 6.59. The summed E-state index contributed by atoms with van der Waals surface area (Å²) >= 11 is 6.16. The molecular weight excluding hydrogens is 210 g/mol. The smallest absolute Gasteiger partial charge is 0.404 e. The van der Waals surface area contributed by atoms with Gasteiger partial charge in [0, 0.05) is 0 Å². The number of hydrogen-bond donors (Lipinski definition) is 0. The quantitative estimate of drug-likeness (QED) is 0.548. The molecule has 0 unspecified atom stereocenters. The van der Waals surface area contributed by atoms with Crippen molar-refractivity contribution >= 4 is 18.7 Å². The molecular formula is C11H22BClO2. The molecule has 0 N–H and O–H groups in total. The van der Waals surface area contributed by atoms with Crippen molar-refractivity contribution < 1.29 is 9.31 Å². The molecule has 0 aromatic heterocycles. The van der Waals surface area contributed by atoms with Gasteiger partial charge in [0.1, 0.15) is 0 Å². The summed E-state index contributed by atoms with van der Waals surface area (Å²) in [5.41, 5.74) is 0. The van der Waals surface area contributed by atoms with E-state index in [1.807, 2.05) is 0 Å². The maximum Gasteiger partial charge on any atom is 0.476 e. The summed E-state index contributed by atoms with van der Waals surface area (Å²) in [5.74, 6) is 0.950. The third kappa shape index (κ3) is 3.12. The van der Waals surface area contributed by atoms with Crippen LogP contribution in [0.1, 0.15) is 41.0 Å². The first-order valence-corrected chi connectivity index (χ1v) is 6.36. The van der Waals surface area contributed by atoms with Crippen LogP contribution in [0.2, 0.25) is 0 Å². The SMILES string of the molecule is CC[C@@H](Cl)B1O[C@H](C(C)C)[C@@H](C(C)C)O1. The Morgan fingerprint density at radius 1 is 1.07 bits per heavy atom. The first-order chi connectivity index (χ1) is 6.97. The molecule has 0 aliphatic carbocycles. The minimum absolute atomic E-state index is 0.0324. The molecule has 15 heavy (non-hydrogen) atoms. The van der Waals surface area contributed by atoms with Crippen LogP contribution in [-0.2, 0) is 9.31 Å². The van der Waals surface area contributed by atoms with Gasteiger partial charge in [-0.25, -0.2) is 0 Å². The van der Waals surface area contributed by atoms with E-state index in [4.69, 9.17) is 20.9 Å². The van der Waals surface area contributed by atoms with Gasteiger partial charge >= 0.3 is 7.12 Å².